The van der Waals surface area contributed by atoms with Crippen molar-refractivity contribution in [3.63, 3.8) is 0 Å². The molecule has 2 heterocycles. The highest BCUT2D eigenvalue weighted by Crippen LogP contribution is 2.33. The van der Waals surface area contributed by atoms with Crippen molar-refractivity contribution in [2.75, 3.05) is 19.7 Å². The van der Waals surface area contributed by atoms with Crippen LogP contribution in [0.25, 0.3) is 11.0 Å². The summed E-state index contributed by atoms with van der Waals surface area (Å²) in [5.74, 6) is -0.934. The van der Waals surface area contributed by atoms with Gasteiger partial charge in [-0.2, -0.15) is 0 Å². The van der Waals surface area contributed by atoms with Crippen LogP contribution in [0.1, 0.15) is 32.0 Å². The highest BCUT2D eigenvalue weighted by Gasteiger charge is 2.42. The van der Waals surface area contributed by atoms with Gasteiger partial charge in [0.25, 0.3) is 0 Å². The third-order valence-corrected chi connectivity index (χ3v) is 5.02. The highest BCUT2D eigenvalue weighted by atomic mass is 19.1. The summed E-state index contributed by atoms with van der Waals surface area (Å²) in [6.45, 7) is 2.54. The predicted octanol–water partition coefficient (Wildman–Crippen LogP) is 2.32. The fourth-order valence-electron chi connectivity index (χ4n) is 3.39. The van der Waals surface area contributed by atoms with E-state index in [2.05, 4.69) is 9.97 Å². The number of nitrogens with zero attached hydrogens (tertiary/aromatic N) is 2. The number of carbonyl (C=O) groups excluding carboxylic acids is 1. The zero-order chi connectivity index (χ0) is 18.7. The van der Waals surface area contributed by atoms with Crippen LogP contribution in [0.3, 0.4) is 0 Å². The first-order valence-electron chi connectivity index (χ1n) is 8.66. The Morgan fingerprint density at radius 1 is 1.46 bits per heavy atom. The van der Waals surface area contributed by atoms with Crippen molar-refractivity contribution in [1.82, 2.24) is 14.9 Å². The highest BCUT2D eigenvalue weighted by molar-refractivity contribution is 5.80. The summed E-state index contributed by atoms with van der Waals surface area (Å²) in [6.07, 6.45) is 1.74. The third-order valence-electron chi connectivity index (χ3n) is 5.02. The molecule has 140 valence electrons. The average molecular weight is 363 g/mol. The van der Waals surface area contributed by atoms with E-state index in [1.807, 2.05) is 6.92 Å². The molecule has 1 aliphatic rings. The first-order valence-corrected chi connectivity index (χ1v) is 8.66. The molecule has 1 atom stereocenters. The van der Waals surface area contributed by atoms with E-state index in [0.717, 1.165) is 0 Å². The van der Waals surface area contributed by atoms with Gasteiger partial charge in [0.15, 0.2) is 0 Å². The van der Waals surface area contributed by atoms with Gasteiger partial charge in [0.05, 0.1) is 16.4 Å². The molecule has 7 nitrogen and oxygen atoms in total. The quantitative estimate of drug-likeness (QED) is 0.821. The second kappa shape index (κ2) is 7.41. The Morgan fingerprint density at radius 2 is 2.27 bits per heavy atom. The Labute approximate surface area is 150 Å². The maximum atomic E-state index is 13.2. The number of aromatic amines is 1. The van der Waals surface area contributed by atoms with Crippen LogP contribution in [-0.2, 0) is 20.9 Å². The molecule has 1 aliphatic heterocycles. The van der Waals surface area contributed by atoms with Crippen molar-refractivity contribution in [3.8, 4) is 0 Å². The van der Waals surface area contributed by atoms with Crippen LogP contribution in [0.15, 0.2) is 18.2 Å². The minimum absolute atomic E-state index is 0.0910. The van der Waals surface area contributed by atoms with Crippen LogP contribution in [0.5, 0.6) is 0 Å². The van der Waals surface area contributed by atoms with Crippen molar-refractivity contribution in [3.05, 3.63) is 29.8 Å². The molecule has 1 aromatic heterocycles. The molecule has 0 spiro atoms. The van der Waals surface area contributed by atoms with Gasteiger partial charge in [-0.05, 0) is 37.5 Å². The first kappa shape index (κ1) is 18.3. The number of aromatic nitrogens is 2. The molecule has 1 amide bonds. The summed E-state index contributed by atoms with van der Waals surface area (Å²) in [4.78, 5) is 32.7. The van der Waals surface area contributed by atoms with E-state index in [4.69, 9.17) is 4.74 Å². The first-order chi connectivity index (χ1) is 12.4. The predicted molar refractivity (Wildman–Crippen MR) is 91.9 cm³/mol. The molecule has 1 saturated heterocycles. The van der Waals surface area contributed by atoms with Gasteiger partial charge in [0.2, 0.25) is 5.91 Å². The van der Waals surface area contributed by atoms with Gasteiger partial charge < -0.3 is 19.7 Å². The fourth-order valence-corrected chi connectivity index (χ4v) is 3.39. The molecule has 0 radical (unpaired) electrons. The summed E-state index contributed by atoms with van der Waals surface area (Å²) >= 11 is 0. The monoisotopic (exact) mass is 363 g/mol. The number of nitrogens with one attached hydrogen (secondary N) is 1. The molecule has 0 saturated carbocycles. The van der Waals surface area contributed by atoms with Crippen LogP contribution in [-0.4, -0.2) is 51.5 Å². The van der Waals surface area contributed by atoms with Gasteiger partial charge in [-0.15, -0.1) is 0 Å². The Bertz CT molecular complexity index is 822. The summed E-state index contributed by atoms with van der Waals surface area (Å²) in [5, 5.41) is 9.49. The number of benzene rings is 1. The number of likely N-dealkylation sites (tertiary alicyclic amines) is 1. The Morgan fingerprint density at radius 3 is 3.00 bits per heavy atom. The smallest absolute Gasteiger partial charge is 0.311 e. The van der Waals surface area contributed by atoms with Gasteiger partial charge in [0, 0.05) is 13.1 Å². The van der Waals surface area contributed by atoms with Crippen LogP contribution in [0.4, 0.5) is 4.39 Å². The van der Waals surface area contributed by atoms with E-state index in [9.17, 15) is 19.1 Å². The average Bonchev–Trinajstić information content (AvgIpc) is 3.03. The summed E-state index contributed by atoms with van der Waals surface area (Å²) < 4.78 is 18.6. The number of halogens is 1. The van der Waals surface area contributed by atoms with Crippen molar-refractivity contribution in [1.29, 1.82) is 0 Å². The number of rotatable bonds is 6. The molecule has 0 bridgehead atoms. The molecule has 0 unspecified atom stereocenters. The lowest BCUT2D eigenvalue weighted by Crippen LogP contribution is -2.50. The molecule has 1 aromatic carbocycles. The molecular formula is C18H22FN3O4. The molecule has 2 N–H and O–H groups in total. The summed E-state index contributed by atoms with van der Waals surface area (Å²) in [7, 11) is 0. The molecule has 0 aliphatic carbocycles. The second-order valence-corrected chi connectivity index (χ2v) is 6.70. The zero-order valence-corrected chi connectivity index (χ0v) is 14.6. The van der Waals surface area contributed by atoms with Gasteiger partial charge in [-0.1, -0.05) is 6.92 Å². The fraction of sp³-hybridized carbons (Fsp3) is 0.500. The molecule has 1 fully saturated rings. The van der Waals surface area contributed by atoms with Crippen molar-refractivity contribution in [2.45, 2.75) is 32.8 Å². The zero-order valence-electron chi connectivity index (χ0n) is 14.6. The number of amides is 1. The number of H-pyrrole nitrogens is 1. The SMILES string of the molecule is CC[C@]1(C(=O)O)CCCN(C(=O)COCc2nc3ccc(F)cc3[nH]2)C1. The summed E-state index contributed by atoms with van der Waals surface area (Å²) in [6, 6.07) is 4.25. The van der Waals surface area contributed by atoms with Crippen molar-refractivity contribution < 1.29 is 23.8 Å². The van der Waals surface area contributed by atoms with Crippen LogP contribution >= 0.6 is 0 Å². The minimum atomic E-state index is -0.864. The lowest BCUT2D eigenvalue weighted by atomic mass is 9.77. The van der Waals surface area contributed by atoms with Crippen LogP contribution < -0.4 is 0 Å². The van der Waals surface area contributed by atoms with Crippen LogP contribution in [0.2, 0.25) is 0 Å². The number of carbonyl (C=O) groups is 2. The maximum Gasteiger partial charge on any atom is 0.311 e. The summed E-state index contributed by atoms with van der Waals surface area (Å²) in [5.41, 5.74) is 0.332. The standard InChI is InChI=1S/C18H22FN3O4/c1-2-18(17(24)25)6-3-7-22(11-18)16(23)10-26-9-15-20-13-5-4-12(19)8-14(13)21-15/h4-5,8H,2-3,6-7,9-11H2,1H3,(H,20,21)(H,24,25)/t18-/m0/s1. The number of aliphatic carboxylic acids is 1. The molecule has 3 rings (SSSR count). The van der Waals surface area contributed by atoms with E-state index in [0.29, 0.717) is 42.7 Å². The lowest BCUT2D eigenvalue weighted by molar-refractivity contribution is -0.156. The number of fused-ring (bicyclic) bond motifs is 1. The molecule has 2 aromatic rings. The molecule has 26 heavy (non-hydrogen) atoms. The van der Waals surface area contributed by atoms with E-state index < -0.39 is 11.4 Å². The van der Waals surface area contributed by atoms with E-state index in [1.54, 1.807) is 11.0 Å². The number of hydrogen-bond donors (Lipinski definition) is 2. The Kier molecular flexibility index (Phi) is 5.22. The minimum Gasteiger partial charge on any atom is -0.481 e. The van der Waals surface area contributed by atoms with E-state index >= 15 is 0 Å². The topological polar surface area (TPSA) is 95.5 Å². The van der Waals surface area contributed by atoms with Crippen molar-refractivity contribution >= 4 is 22.9 Å². The number of ether oxygens (including phenoxy) is 1. The lowest BCUT2D eigenvalue weighted by Gasteiger charge is -2.39. The van der Waals surface area contributed by atoms with Gasteiger partial charge in [-0.25, -0.2) is 9.37 Å². The number of carboxylic acids is 1. The maximum absolute atomic E-state index is 13.2. The number of carboxylic acid groups (broad SMARTS) is 1. The van der Waals surface area contributed by atoms with Gasteiger partial charge in [0.1, 0.15) is 24.9 Å². The van der Waals surface area contributed by atoms with Gasteiger partial charge in [-0.3, -0.25) is 9.59 Å². The number of piperidine rings is 1. The normalized spacial score (nSPS) is 20.5. The number of hydrogen-bond acceptors (Lipinski definition) is 4. The molecule has 8 heteroatoms. The Hall–Kier alpha value is -2.48. The second-order valence-electron chi connectivity index (χ2n) is 6.70. The van der Waals surface area contributed by atoms with Gasteiger partial charge >= 0.3 is 5.97 Å². The molecular weight excluding hydrogens is 341 g/mol. The van der Waals surface area contributed by atoms with Crippen LogP contribution in [0, 0.1) is 11.2 Å². The Balaban J connectivity index is 1.55. The van der Waals surface area contributed by atoms with E-state index in [1.165, 1.54) is 12.1 Å². The van der Waals surface area contributed by atoms with E-state index in [-0.39, 0.29) is 31.5 Å². The largest absolute Gasteiger partial charge is 0.481 e. The van der Waals surface area contributed by atoms with Crippen molar-refractivity contribution in [2.24, 2.45) is 5.41 Å². The third kappa shape index (κ3) is 3.70. The number of imidazole rings is 1.